The summed E-state index contributed by atoms with van der Waals surface area (Å²) in [4.78, 5) is 22.3. The molecule has 0 aliphatic rings. The number of aromatic nitrogens is 2. The maximum atomic E-state index is 12.0. The van der Waals surface area contributed by atoms with Gasteiger partial charge in [0.1, 0.15) is 0 Å². The van der Waals surface area contributed by atoms with Crippen molar-refractivity contribution in [2.24, 2.45) is 7.05 Å². The highest BCUT2D eigenvalue weighted by Gasteiger charge is 2.17. The van der Waals surface area contributed by atoms with Crippen molar-refractivity contribution in [3.63, 3.8) is 0 Å². The van der Waals surface area contributed by atoms with Crippen LogP contribution in [0.15, 0.2) is 36.5 Å². The highest BCUT2D eigenvalue weighted by atomic mass is 35.5. The average molecular weight is 292 g/mol. The number of benzene rings is 1. The molecule has 0 spiro atoms. The summed E-state index contributed by atoms with van der Waals surface area (Å²) >= 11 is 5.90. The SMILES string of the molecule is Cn1ncc(Cl)c1/C=C/C(=O)c1ccccc1[N+](=O)[O-]. The summed E-state index contributed by atoms with van der Waals surface area (Å²) in [5.41, 5.74) is 0.365. The number of halogens is 1. The zero-order valence-electron chi connectivity index (χ0n) is 10.5. The predicted molar refractivity (Wildman–Crippen MR) is 74.7 cm³/mol. The number of allylic oxidation sites excluding steroid dienone is 1. The van der Waals surface area contributed by atoms with Gasteiger partial charge in [-0.15, -0.1) is 0 Å². The van der Waals surface area contributed by atoms with Crippen molar-refractivity contribution in [1.82, 2.24) is 9.78 Å². The summed E-state index contributed by atoms with van der Waals surface area (Å²) in [5, 5.41) is 15.2. The van der Waals surface area contributed by atoms with Crippen molar-refractivity contribution in [1.29, 1.82) is 0 Å². The third-order valence-electron chi connectivity index (χ3n) is 2.70. The Labute approximate surface area is 119 Å². The molecule has 102 valence electrons. The molecule has 1 aromatic carbocycles. The van der Waals surface area contributed by atoms with Crippen molar-refractivity contribution < 1.29 is 9.72 Å². The Morgan fingerprint density at radius 2 is 2.15 bits per heavy atom. The van der Waals surface area contributed by atoms with Crippen molar-refractivity contribution >= 4 is 29.1 Å². The summed E-state index contributed by atoms with van der Waals surface area (Å²) in [6, 6.07) is 5.79. The number of hydrogen-bond donors (Lipinski definition) is 0. The largest absolute Gasteiger partial charge is 0.289 e. The minimum absolute atomic E-state index is 0.0343. The molecule has 0 amide bonds. The van der Waals surface area contributed by atoms with Crippen LogP contribution in [-0.2, 0) is 7.05 Å². The zero-order chi connectivity index (χ0) is 14.7. The number of rotatable bonds is 4. The predicted octanol–water partition coefficient (Wildman–Crippen LogP) is 2.88. The number of hydrogen-bond acceptors (Lipinski definition) is 4. The van der Waals surface area contributed by atoms with Crippen LogP contribution in [0.3, 0.4) is 0 Å². The minimum atomic E-state index is -0.585. The summed E-state index contributed by atoms with van der Waals surface area (Å²) in [7, 11) is 1.68. The molecule has 0 aliphatic heterocycles. The molecule has 0 unspecified atom stereocenters. The fraction of sp³-hybridized carbons (Fsp3) is 0.0769. The lowest BCUT2D eigenvalue weighted by Gasteiger charge is -1.98. The summed E-state index contributed by atoms with van der Waals surface area (Å²) in [6.45, 7) is 0. The van der Waals surface area contributed by atoms with Gasteiger partial charge in [0.25, 0.3) is 5.69 Å². The first kappa shape index (κ1) is 14.0. The summed E-state index contributed by atoms with van der Waals surface area (Å²) in [5.74, 6) is -0.463. The van der Waals surface area contributed by atoms with Crippen LogP contribution in [-0.4, -0.2) is 20.5 Å². The van der Waals surface area contributed by atoms with E-state index in [1.54, 1.807) is 13.1 Å². The van der Waals surface area contributed by atoms with Crippen LogP contribution in [0.1, 0.15) is 16.1 Å². The molecular formula is C13H10ClN3O3. The number of ketones is 1. The monoisotopic (exact) mass is 291 g/mol. The van der Waals surface area contributed by atoms with E-state index in [9.17, 15) is 14.9 Å². The molecule has 20 heavy (non-hydrogen) atoms. The second kappa shape index (κ2) is 5.66. The molecule has 0 atom stereocenters. The molecule has 6 nitrogen and oxygen atoms in total. The van der Waals surface area contributed by atoms with E-state index in [1.165, 1.54) is 41.2 Å². The van der Waals surface area contributed by atoms with Gasteiger partial charge in [0.2, 0.25) is 0 Å². The Bertz CT molecular complexity index is 687. The molecule has 0 aliphatic carbocycles. The number of nitro groups is 1. The molecule has 2 rings (SSSR count). The second-order valence-corrected chi connectivity index (χ2v) is 4.38. The number of nitrogens with zero attached hydrogens (tertiary/aromatic N) is 3. The molecule has 0 fully saturated rings. The Balaban J connectivity index is 2.32. The van der Waals surface area contributed by atoms with Gasteiger partial charge in [0.05, 0.1) is 27.4 Å². The molecule has 0 radical (unpaired) electrons. The highest BCUT2D eigenvalue weighted by molar-refractivity contribution is 6.31. The maximum Gasteiger partial charge on any atom is 0.280 e. The Morgan fingerprint density at radius 3 is 2.75 bits per heavy atom. The van der Waals surface area contributed by atoms with Gasteiger partial charge in [-0.3, -0.25) is 19.6 Å². The fourth-order valence-electron chi connectivity index (χ4n) is 1.69. The average Bonchev–Trinajstić information content (AvgIpc) is 2.75. The fourth-order valence-corrected chi connectivity index (χ4v) is 1.92. The zero-order valence-corrected chi connectivity index (χ0v) is 11.2. The molecule has 0 N–H and O–H groups in total. The molecule has 7 heteroatoms. The van der Waals surface area contributed by atoms with Gasteiger partial charge in [0.15, 0.2) is 5.78 Å². The van der Waals surface area contributed by atoms with Gasteiger partial charge in [-0.05, 0) is 18.2 Å². The van der Waals surface area contributed by atoms with E-state index < -0.39 is 10.7 Å². The lowest BCUT2D eigenvalue weighted by molar-refractivity contribution is -0.385. The normalized spacial score (nSPS) is 10.9. The first-order valence-corrected chi connectivity index (χ1v) is 6.02. The quantitative estimate of drug-likeness (QED) is 0.375. The topological polar surface area (TPSA) is 78.0 Å². The standard InChI is InChI=1S/C13H10ClN3O3/c1-16-12(10(14)8-15-16)6-7-13(18)9-4-2-3-5-11(9)17(19)20/h2-8H,1H3/b7-6+. The van der Waals surface area contributed by atoms with Crippen LogP contribution in [0.25, 0.3) is 6.08 Å². The van der Waals surface area contributed by atoms with Crippen LogP contribution in [0.5, 0.6) is 0 Å². The van der Waals surface area contributed by atoms with Crippen LogP contribution in [0.2, 0.25) is 5.02 Å². The van der Waals surface area contributed by atoms with E-state index in [-0.39, 0.29) is 11.3 Å². The Hall–Kier alpha value is -2.47. The van der Waals surface area contributed by atoms with Gasteiger partial charge in [0, 0.05) is 13.1 Å². The van der Waals surface area contributed by atoms with Crippen LogP contribution >= 0.6 is 11.6 Å². The molecule has 0 bridgehead atoms. The minimum Gasteiger partial charge on any atom is -0.289 e. The van der Waals surface area contributed by atoms with Crippen LogP contribution in [0.4, 0.5) is 5.69 Å². The van der Waals surface area contributed by atoms with Gasteiger partial charge in [-0.2, -0.15) is 5.10 Å². The summed E-state index contributed by atoms with van der Waals surface area (Å²) in [6.07, 6.45) is 4.18. The van der Waals surface area contributed by atoms with Gasteiger partial charge < -0.3 is 0 Å². The second-order valence-electron chi connectivity index (χ2n) is 3.97. The molecule has 0 saturated carbocycles. The lowest BCUT2D eigenvalue weighted by Crippen LogP contribution is -2.01. The van der Waals surface area contributed by atoms with Crippen LogP contribution in [0, 0.1) is 10.1 Å². The van der Waals surface area contributed by atoms with Crippen LogP contribution < -0.4 is 0 Å². The van der Waals surface area contributed by atoms with E-state index in [2.05, 4.69) is 5.10 Å². The number of carbonyl (C=O) groups is 1. The third kappa shape index (κ3) is 2.75. The first-order valence-electron chi connectivity index (χ1n) is 5.64. The van der Waals surface area contributed by atoms with E-state index in [0.29, 0.717) is 10.7 Å². The Kier molecular flexibility index (Phi) is 3.95. The maximum absolute atomic E-state index is 12.0. The smallest absolute Gasteiger partial charge is 0.280 e. The van der Waals surface area contributed by atoms with Gasteiger partial charge >= 0.3 is 0 Å². The number of carbonyl (C=O) groups excluding carboxylic acids is 1. The van der Waals surface area contributed by atoms with Gasteiger partial charge in [-0.25, -0.2) is 0 Å². The van der Waals surface area contributed by atoms with E-state index >= 15 is 0 Å². The van der Waals surface area contributed by atoms with Crippen molar-refractivity contribution in [2.45, 2.75) is 0 Å². The third-order valence-corrected chi connectivity index (χ3v) is 2.99. The number of aryl methyl sites for hydroxylation is 1. The lowest BCUT2D eigenvalue weighted by atomic mass is 10.1. The van der Waals surface area contributed by atoms with E-state index in [1.807, 2.05) is 0 Å². The molecular weight excluding hydrogens is 282 g/mol. The van der Waals surface area contributed by atoms with Gasteiger partial charge in [-0.1, -0.05) is 23.7 Å². The first-order chi connectivity index (χ1) is 9.50. The van der Waals surface area contributed by atoms with E-state index in [4.69, 9.17) is 11.6 Å². The number of para-hydroxylation sites is 1. The molecule has 0 saturated heterocycles. The molecule has 1 heterocycles. The summed E-state index contributed by atoms with van der Waals surface area (Å²) < 4.78 is 1.51. The molecule has 2 aromatic rings. The van der Waals surface area contributed by atoms with Crippen molar-refractivity contribution in [3.8, 4) is 0 Å². The van der Waals surface area contributed by atoms with Crippen molar-refractivity contribution in [2.75, 3.05) is 0 Å². The van der Waals surface area contributed by atoms with E-state index in [0.717, 1.165) is 0 Å². The highest BCUT2D eigenvalue weighted by Crippen LogP contribution is 2.20. The van der Waals surface area contributed by atoms with Crippen molar-refractivity contribution in [3.05, 3.63) is 62.9 Å². The molecule has 1 aromatic heterocycles. The number of nitro benzene ring substituents is 1. The Morgan fingerprint density at radius 1 is 1.45 bits per heavy atom.